The SMILES string of the molecule is Cl.NCc1cc(O)c(O)c(O)c1. The van der Waals surface area contributed by atoms with E-state index >= 15 is 0 Å². The van der Waals surface area contributed by atoms with Crippen molar-refractivity contribution in [3.8, 4) is 17.2 Å². The molecule has 0 bridgehead atoms. The molecule has 1 rings (SSSR count). The van der Waals surface area contributed by atoms with Crippen molar-refractivity contribution in [1.29, 1.82) is 0 Å². The van der Waals surface area contributed by atoms with E-state index in [0.29, 0.717) is 5.56 Å². The number of phenols is 3. The van der Waals surface area contributed by atoms with Crippen molar-refractivity contribution < 1.29 is 15.3 Å². The highest BCUT2D eigenvalue weighted by Gasteiger charge is 2.06. The first-order valence-corrected chi connectivity index (χ1v) is 3.09. The lowest BCUT2D eigenvalue weighted by atomic mass is 10.2. The second-order valence-corrected chi connectivity index (χ2v) is 2.19. The Bertz CT molecular complexity index is 254. The fourth-order valence-electron chi connectivity index (χ4n) is 0.779. The van der Waals surface area contributed by atoms with Gasteiger partial charge in [-0.15, -0.1) is 12.4 Å². The minimum atomic E-state index is -0.512. The zero-order valence-corrected chi connectivity index (χ0v) is 7.01. The highest BCUT2D eigenvalue weighted by molar-refractivity contribution is 5.85. The van der Waals surface area contributed by atoms with Crippen LogP contribution in [0.15, 0.2) is 12.1 Å². The predicted molar refractivity (Wildman–Crippen MR) is 46.6 cm³/mol. The van der Waals surface area contributed by atoms with Crippen molar-refractivity contribution in [1.82, 2.24) is 0 Å². The zero-order chi connectivity index (χ0) is 8.43. The van der Waals surface area contributed by atoms with Gasteiger partial charge in [-0.05, 0) is 17.7 Å². The van der Waals surface area contributed by atoms with Crippen molar-refractivity contribution in [2.24, 2.45) is 5.73 Å². The molecule has 5 N–H and O–H groups in total. The first-order chi connectivity index (χ1) is 5.15. The molecule has 5 heteroatoms. The fraction of sp³-hybridized carbons (Fsp3) is 0.143. The van der Waals surface area contributed by atoms with Gasteiger partial charge in [0.05, 0.1) is 0 Å². The van der Waals surface area contributed by atoms with Crippen LogP contribution in [-0.4, -0.2) is 15.3 Å². The van der Waals surface area contributed by atoms with Crippen LogP contribution in [0.3, 0.4) is 0 Å². The molecule has 0 aliphatic heterocycles. The molecule has 0 saturated carbocycles. The second-order valence-electron chi connectivity index (χ2n) is 2.19. The Morgan fingerprint density at radius 3 is 1.83 bits per heavy atom. The maximum absolute atomic E-state index is 8.95. The summed E-state index contributed by atoms with van der Waals surface area (Å²) in [6.45, 7) is 0.210. The third-order valence-corrected chi connectivity index (χ3v) is 1.37. The summed E-state index contributed by atoms with van der Waals surface area (Å²) >= 11 is 0. The number of hydrogen-bond acceptors (Lipinski definition) is 4. The third-order valence-electron chi connectivity index (χ3n) is 1.37. The molecular formula is C7H10ClNO3. The lowest BCUT2D eigenvalue weighted by Crippen LogP contribution is -1.95. The van der Waals surface area contributed by atoms with E-state index in [-0.39, 0.29) is 30.5 Å². The van der Waals surface area contributed by atoms with E-state index in [1.807, 2.05) is 0 Å². The molecule has 1 aromatic carbocycles. The summed E-state index contributed by atoms with van der Waals surface area (Å²) in [6.07, 6.45) is 0. The number of benzene rings is 1. The van der Waals surface area contributed by atoms with Crippen molar-refractivity contribution in [2.45, 2.75) is 6.54 Å². The Balaban J connectivity index is 0.00000121. The molecule has 68 valence electrons. The van der Waals surface area contributed by atoms with Crippen LogP contribution in [0.5, 0.6) is 17.2 Å². The van der Waals surface area contributed by atoms with Gasteiger partial charge in [-0.2, -0.15) is 0 Å². The molecule has 0 saturated heterocycles. The largest absolute Gasteiger partial charge is 0.504 e. The molecule has 4 nitrogen and oxygen atoms in total. The van der Waals surface area contributed by atoms with Crippen molar-refractivity contribution in [3.05, 3.63) is 17.7 Å². The van der Waals surface area contributed by atoms with Crippen LogP contribution in [0.25, 0.3) is 0 Å². The summed E-state index contributed by atoms with van der Waals surface area (Å²) in [7, 11) is 0. The van der Waals surface area contributed by atoms with Crippen LogP contribution in [0.1, 0.15) is 5.56 Å². The van der Waals surface area contributed by atoms with Crippen molar-refractivity contribution >= 4 is 12.4 Å². The summed E-state index contributed by atoms with van der Waals surface area (Å²) < 4.78 is 0. The maximum Gasteiger partial charge on any atom is 0.200 e. The average molecular weight is 192 g/mol. The average Bonchev–Trinajstić information content (AvgIpc) is 1.99. The first kappa shape index (κ1) is 10.9. The molecule has 0 heterocycles. The minimum Gasteiger partial charge on any atom is -0.504 e. The van der Waals surface area contributed by atoms with E-state index in [4.69, 9.17) is 21.1 Å². The molecule has 0 aromatic heterocycles. The molecule has 0 unspecified atom stereocenters. The Morgan fingerprint density at radius 1 is 1.08 bits per heavy atom. The molecule has 0 aliphatic rings. The summed E-state index contributed by atoms with van der Waals surface area (Å²) in [5.41, 5.74) is 5.80. The first-order valence-electron chi connectivity index (χ1n) is 3.09. The molecule has 0 fully saturated rings. The van der Waals surface area contributed by atoms with Crippen molar-refractivity contribution in [3.63, 3.8) is 0 Å². The number of halogens is 1. The van der Waals surface area contributed by atoms with Crippen LogP contribution in [0.4, 0.5) is 0 Å². The van der Waals surface area contributed by atoms with Gasteiger partial charge in [-0.1, -0.05) is 0 Å². The van der Waals surface area contributed by atoms with Gasteiger partial charge in [0.2, 0.25) is 0 Å². The van der Waals surface area contributed by atoms with E-state index in [1.165, 1.54) is 12.1 Å². The molecule has 12 heavy (non-hydrogen) atoms. The Labute approximate surface area is 75.7 Å². The van der Waals surface area contributed by atoms with Crippen LogP contribution in [-0.2, 0) is 6.54 Å². The number of aromatic hydroxyl groups is 3. The quantitative estimate of drug-likeness (QED) is 0.492. The minimum absolute atomic E-state index is 0. The van der Waals surface area contributed by atoms with Gasteiger partial charge in [0.15, 0.2) is 17.2 Å². The van der Waals surface area contributed by atoms with Gasteiger partial charge >= 0.3 is 0 Å². The Hall–Kier alpha value is -1.13. The van der Waals surface area contributed by atoms with E-state index in [2.05, 4.69) is 0 Å². The summed E-state index contributed by atoms with van der Waals surface area (Å²) in [5, 5.41) is 26.8. The molecule has 0 atom stereocenters. The van der Waals surface area contributed by atoms with Crippen LogP contribution in [0, 0.1) is 0 Å². The van der Waals surface area contributed by atoms with E-state index in [9.17, 15) is 0 Å². The Morgan fingerprint density at radius 2 is 1.50 bits per heavy atom. The topological polar surface area (TPSA) is 86.7 Å². The third kappa shape index (κ3) is 1.93. The fourth-order valence-corrected chi connectivity index (χ4v) is 0.779. The molecule has 0 radical (unpaired) electrons. The summed E-state index contributed by atoms with van der Waals surface area (Å²) in [4.78, 5) is 0. The standard InChI is InChI=1S/C7H9NO3.ClH/c8-3-4-1-5(9)7(11)6(10)2-4;/h1-2,9-11H,3,8H2;1H. The number of nitrogens with two attached hydrogens (primary N) is 1. The van der Waals surface area contributed by atoms with Crippen LogP contribution >= 0.6 is 12.4 Å². The lowest BCUT2D eigenvalue weighted by molar-refractivity contribution is 0.367. The zero-order valence-electron chi connectivity index (χ0n) is 6.19. The normalized spacial score (nSPS) is 9.08. The maximum atomic E-state index is 8.95. The molecule has 1 aromatic rings. The van der Waals surface area contributed by atoms with E-state index < -0.39 is 5.75 Å². The van der Waals surface area contributed by atoms with Crippen molar-refractivity contribution in [2.75, 3.05) is 0 Å². The predicted octanol–water partition coefficient (Wildman–Crippen LogP) is 0.684. The lowest BCUT2D eigenvalue weighted by Gasteiger charge is -2.02. The van der Waals surface area contributed by atoms with Gasteiger partial charge in [0.1, 0.15) is 0 Å². The second kappa shape index (κ2) is 4.04. The molecule has 0 amide bonds. The molecule has 0 spiro atoms. The van der Waals surface area contributed by atoms with Gasteiger partial charge in [0, 0.05) is 6.54 Å². The van der Waals surface area contributed by atoms with Gasteiger partial charge in [-0.3, -0.25) is 0 Å². The van der Waals surface area contributed by atoms with Crippen LogP contribution in [0.2, 0.25) is 0 Å². The van der Waals surface area contributed by atoms with Gasteiger partial charge < -0.3 is 21.1 Å². The number of hydrogen-bond donors (Lipinski definition) is 4. The highest BCUT2D eigenvalue weighted by atomic mass is 35.5. The van der Waals surface area contributed by atoms with Crippen LogP contribution < -0.4 is 5.73 Å². The molecule has 0 aliphatic carbocycles. The Kier molecular flexibility index (Phi) is 3.66. The smallest absolute Gasteiger partial charge is 0.200 e. The summed E-state index contributed by atoms with van der Waals surface area (Å²) in [5.74, 6) is -1.22. The van der Waals surface area contributed by atoms with E-state index in [1.54, 1.807) is 0 Å². The van der Waals surface area contributed by atoms with Gasteiger partial charge in [-0.25, -0.2) is 0 Å². The number of phenolic OH excluding ortho intramolecular Hbond substituents is 3. The monoisotopic (exact) mass is 191 g/mol. The molecular weight excluding hydrogens is 182 g/mol. The summed E-state index contributed by atoms with van der Waals surface area (Å²) in [6, 6.07) is 2.60. The van der Waals surface area contributed by atoms with E-state index in [0.717, 1.165) is 0 Å². The highest BCUT2D eigenvalue weighted by Crippen LogP contribution is 2.34. The van der Waals surface area contributed by atoms with Gasteiger partial charge in [0.25, 0.3) is 0 Å². The number of rotatable bonds is 1.